The van der Waals surface area contributed by atoms with Gasteiger partial charge in [0.15, 0.2) is 0 Å². The Morgan fingerprint density at radius 2 is 1.91 bits per heavy atom. The van der Waals surface area contributed by atoms with Crippen molar-refractivity contribution in [2.45, 2.75) is 0 Å². The molecule has 0 aliphatic rings. The van der Waals surface area contributed by atoms with Crippen LogP contribution in [0.3, 0.4) is 0 Å². The molecule has 0 bridgehead atoms. The van der Waals surface area contributed by atoms with Crippen LogP contribution in [-0.4, -0.2) is 25.5 Å². The number of ether oxygens (including phenoxy) is 1. The highest BCUT2D eigenvalue weighted by Crippen LogP contribution is 2.22. The molecule has 0 unspecified atom stereocenters. The summed E-state index contributed by atoms with van der Waals surface area (Å²) < 4.78 is 5.16. The molecule has 0 heterocycles. The first kappa shape index (κ1) is 15.4. The van der Waals surface area contributed by atoms with Crippen molar-refractivity contribution in [1.82, 2.24) is 0 Å². The lowest BCUT2D eigenvalue weighted by Crippen LogP contribution is -2.22. The van der Waals surface area contributed by atoms with Crippen LogP contribution in [0.1, 0.15) is 10.4 Å². The minimum Gasteiger partial charge on any atom is -0.495 e. The van der Waals surface area contributed by atoms with Crippen LogP contribution in [0.25, 0.3) is 0 Å². The second-order valence-electron chi connectivity index (χ2n) is 4.55. The molecule has 0 aliphatic carbocycles. The first-order valence-corrected chi connectivity index (χ1v) is 6.67. The molecule has 0 radical (unpaired) electrons. The SMILES string of the molecule is COc1ccccc1NC(=O)CNc1cccc(C(N)=O)c1. The van der Waals surface area contributed by atoms with E-state index in [1.807, 2.05) is 12.1 Å². The Labute approximate surface area is 128 Å². The second kappa shape index (κ2) is 7.12. The van der Waals surface area contributed by atoms with Gasteiger partial charge in [0.25, 0.3) is 0 Å². The number of nitrogens with two attached hydrogens (primary N) is 1. The lowest BCUT2D eigenvalue weighted by Gasteiger charge is -2.11. The Morgan fingerprint density at radius 1 is 1.14 bits per heavy atom. The highest BCUT2D eigenvalue weighted by Gasteiger charge is 2.07. The van der Waals surface area contributed by atoms with Gasteiger partial charge in [0.1, 0.15) is 5.75 Å². The number of amides is 2. The monoisotopic (exact) mass is 299 g/mol. The standard InChI is InChI=1S/C16H17N3O3/c1-22-14-8-3-2-7-13(14)19-15(20)10-18-12-6-4-5-11(9-12)16(17)21/h2-9,18H,10H2,1H3,(H2,17,21)(H,19,20). The van der Waals surface area contributed by atoms with Crippen LogP contribution >= 0.6 is 0 Å². The van der Waals surface area contributed by atoms with Crippen LogP contribution in [0.2, 0.25) is 0 Å². The van der Waals surface area contributed by atoms with Crippen LogP contribution in [0.4, 0.5) is 11.4 Å². The first-order valence-electron chi connectivity index (χ1n) is 6.67. The average molecular weight is 299 g/mol. The Morgan fingerprint density at radius 3 is 2.64 bits per heavy atom. The topological polar surface area (TPSA) is 93.4 Å². The summed E-state index contributed by atoms with van der Waals surface area (Å²) in [7, 11) is 1.54. The zero-order valence-electron chi connectivity index (χ0n) is 12.1. The van der Waals surface area contributed by atoms with Gasteiger partial charge in [0.05, 0.1) is 19.3 Å². The third kappa shape index (κ3) is 3.99. The zero-order valence-corrected chi connectivity index (χ0v) is 12.1. The summed E-state index contributed by atoms with van der Waals surface area (Å²) in [6.07, 6.45) is 0. The molecule has 0 aliphatic heterocycles. The maximum Gasteiger partial charge on any atom is 0.248 e. The molecule has 2 aromatic carbocycles. The maximum atomic E-state index is 12.0. The number of hydrogen-bond acceptors (Lipinski definition) is 4. The minimum atomic E-state index is -0.512. The van der Waals surface area contributed by atoms with E-state index in [1.54, 1.807) is 43.5 Å². The molecule has 4 N–H and O–H groups in total. The lowest BCUT2D eigenvalue weighted by atomic mass is 10.2. The van der Waals surface area contributed by atoms with E-state index in [1.165, 1.54) is 0 Å². The highest BCUT2D eigenvalue weighted by atomic mass is 16.5. The Balaban J connectivity index is 1.95. The van der Waals surface area contributed by atoms with Crippen molar-refractivity contribution in [1.29, 1.82) is 0 Å². The fourth-order valence-corrected chi connectivity index (χ4v) is 1.91. The van der Waals surface area contributed by atoms with Crippen molar-refractivity contribution in [3.8, 4) is 5.75 Å². The smallest absolute Gasteiger partial charge is 0.248 e. The van der Waals surface area contributed by atoms with Crippen LogP contribution in [0, 0.1) is 0 Å². The Hall–Kier alpha value is -3.02. The summed E-state index contributed by atoms with van der Waals surface area (Å²) in [5, 5.41) is 5.69. The predicted molar refractivity (Wildman–Crippen MR) is 85.1 cm³/mol. The van der Waals surface area contributed by atoms with Crippen LogP contribution < -0.4 is 21.1 Å². The molecule has 0 spiro atoms. The number of para-hydroxylation sites is 2. The minimum absolute atomic E-state index is 0.0558. The number of carbonyl (C=O) groups excluding carboxylic acids is 2. The number of benzene rings is 2. The first-order chi connectivity index (χ1) is 10.6. The molecule has 114 valence electrons. The van der Waals surface area contributed by atoms with Gasteiger partial charge in [0.2, 0.25) is 11.8 Å². The molecule has 6 heteroatoms. The molecule has 2 amide bonds. The van der Waals surface area contributed by atoms with E-state index in [0.717, 1.165) is 0 Å². The average Bonchev–Trinajstić information content (AvgIpc) is 2.53. The molecule has 0 aromatic heterocycles. The number of anilines is 2. The zero-order chi connectivity index (χ0) is 15.9. The molecule has 0 fully saturated rings. The molecule has 0 saturated carbocycles. The summed E-state index contributed by atoms with van der Waals surface area (Å²) in [6.45, 7) is 0.0558. The summed E-state index contributed by atoms with van der Waals surface area (Å²) in [6, 6.07) is 13.8. The normalized spacial score (nSPS) is 9.86. The number of primary amides is 1. The van der Waals surface area contributed by atoms with Gasteiger partial charge in [-0.25, -0.2) is 0 Å². The van der Waals surface area contributed by atoms with E-state index < -0.39 is 5.91 Å². The molecule has 22 heavy (non-hydrogen) atoms. The van der Waals surface area contributed by atoms with Gasteiger partial charge >= 0.3 is 0 Å². The fraction of sp³-hybridized carbons (Fsp3) is 0.125. The molecule has 6 nitrogen and oxygen atoms in total. The quantitative estimate of drug-likeness (QED) is 0.758. The van der Waals surface area contributed by atoms with Gasteiger partial charge in [-0.05, 0) is 30.3 Å². The predicted octanol–water partition coefficient (Wildman–Crippen LogP) is 1.84. The van der Waals surface area contributed by atoms with Gasteiger partial charge in [-0.1, -0.05) is 18.2 Å². The maximum absolute atomic E-state index is 12.0. The molecule has 2 aromatic rings. The number of rotatable bonds is 6. The summed E-state index contributed by atoms with van der Waals surface area (Å²) in [4.78, 5) is 23.1. The van der Waals surface area contributed by atoms with E-state index in [0.29, 0.717) is 22.7 Å². The van der Waals surface area contributed by atoms with Crippen LogP contribution in [0.15, 0.2) is 48.5 Å². The van der Waals surface area contributed by atoms with Crippen molar-refractivity contribution in [3.63, 3.8) is 0 Å². The molecule has 2 rings (SSSR count). The van der Waals surface area contributed by atoms with Gasteiger partial charge in [0, 0.05) is 11.3 Å². The Kier molecular flexibility index (Phi) is 4.98. The van der Waals surface area contributed by atoms with E-state index in [2.05, 4.69) is 10.6 Å². The van der Waals surface area contributed by atoms with E-state index in [-0.39, 0.29) is 12.5 Å². The molecule has 0 atom stereocenters. The molecular weight excluding hydrogens is 282 g/mol. The second-order valence-corrected chi connectivity index (χ2v) is 4.55. The Bertz CT molecular complexity index is 686. The van der Waals surface area contributed by atoms with Crippen LogP contribution in [-0.2, 0) is 4.79 Å². The van der Waals surface area contributed by atoms with E-state index in [4.69, 9.17) is 10.5 Å². The molecule has 0 saturated heterocycles. The number of nitrogens with one attached hydrogen (secondary N) is 2. The fourth-order valence-electron chi connectivity index (χ4n) is 1.91. The third-order valence-electron chi connectivity index (χ3n) is 2.98. The number of carbonyl (C=O) groups is 2. The summed E-state index contributed by atoms with van der Waals surface area (Å²) in [5.41, 5.74) is 6.84. The van der Waals surface area contributed by atoms with Gasteiger partial charge in [-0.3, -0.25) is 9.59 Å². The lowest BCUT2D eigenvalue weighted by molar-refractivity contribution is -0.114. The van der Waals surface area contributed by atoms with Gasteiger partial charge < -0.3 is 21.1 Å². The highest BCUT2D eigenvalue weighted by molar-refractivity contribution is 5.96. The van der Waals surface area contributed by atoms with Crippen LogP contribution in [0.5, 0.6) is 5.75 Å². The number of methoxy groups -OCH3 is 1. The molecular formula is C16H17N3O3. The van der Waals surface area contributed by atoms with Gasteiger partial charge in [-0.2, -0.15) is 0 Å². The van der Waals surface area contributed by atoms with Crippen molar-refractivity contribution in [2.75, 3.05) is 24.3 Å². The summed E-state index contributed by atoms with van der Waals surface area (Å²) in [5.74, 6) is -0.150. The van der Waals surface area contributed by atoms with Crippen molar-refractivity contribution < 1.29 is 14.3 Å². The van der Waals surface area contributed by atoms with Crippen molar-refractivity contribution in [3.05, 3.63) is 54.1 Å². The van der Waals surface area contributed by atoms with E-state index >= 15 is 0 Å². The largest absolute Gasteiger partial charge is 0.495 e. The summed E-state index contributed by atoms with van der Waals surface area (Å²) >= 11 is 0. The van der Waals surface area contributed by atoms with Gasteiger partial charge in [-0.15, -0.1) is 0 Å². The van der Waals surface area contributed by atoms with Crippen molar-refractivity contribution >= 4 is 23.2 Å². The number of hydrogen-bond donors (Lipinski definition) is 3. The third-order valence-corrected chi connectivity index (χ3v) is 2.98. The van der Waals surface area contributed by atoms with Crippen molar-refractivity contribution in [2.24, 2.45) is 5.73 Å². The van der Waals surface area contributed by atoms with E-state index in [9.17, 15) is 9.59 Å².